The van der Waals surface area contributed by atoms with Crippen LogP contribution in [-0.4, -0.2) is 15.9 Å². The van der Waals surface area contributed by atoms with Crippen LogP contribution >= 0.6 is 0 Å². The van der Waals surface area contributed by atoms with Crippen molar-refractivity contribution in [2.75, 3.05) is 5.32 Å². The van der Waals surface area contributed by atoms with E-state index in [1.807, 2.05) is 68.4 Å². The van der Waals surface area contributed by atoms with Crippen molar-refractivity contribution in [1.29, 1.82) is 0 Å². The summed E-state index contributed by atoms with van der Waals surface area (Å²) in [6.07, 6.45) is 0. The van der Waals surface area contributed by atoms with Gasteiger partial charge >= 0.3 is 0 Å². The van der Waals surface area contributed by atoms with E-state index in [-0.39, 0.29) is 11.9 Å². The summed E-state index contributed by atoms with van der Waals surface area (Å²) in [6, 6.07) is 19.3. The molecule has 0 bridgehead atoms. The molecule has 1 heterocycles. The molecule has 1 unspecified atom stereocenters. The largest absolute Gasteiger partial charge is 0.344 e. The maximum atomic E-state index is 12.6. The Kier molecular flexibility index (Phi) is 5.27. The second kappa shape index (κ2) is 7.78. The molecule has 0 aliphatic heterocycles. The van der Waals surface area contributed by atoms with Crippen LogP contribution in [0.4, 0.5) is 11.5 Å². The zero-order valence-corrected chi connectivity index (χ0v) is 15.2. The van der Waals surface area contributed by atoms with Crippen molar-refractivity contribution in [2.24, 2.45) is 0 Å². The van der Waals surface area contributed by atoms with Gasteiger partial charge in [0.2, 0.25) is 0 Å². The van der Waals surface area contributed by atoms with Gasteiger partial charge in [0.15, 0.2) is 0 Å². The first kappa shape index (κ1) is 17.6. The van der Waals surface area contributed by atoms with Crippen molar-refractivity contribution in [1.82, 2.24) is 15.3 Å². The number of aryl methyl sites for hydroxylation is 2. The van der Waals surface area contributed by atoms with E-state index in [4.69, 9.17) is 0 Å². The fourth-order valence-electron chi connectivity index (χ4n) is 2.69. The number of rotatable bonds is 5. The van der Waals surface area contributed by atoms with Crippen molar-refractivity contribution < 1.29 is 4.79 Å². The topological polar surface area (TPSA) is 66.9 Å². The Balaban J connectivity index is 1.78. The van der Waals surface area contributed by atoms with Gasteiger partial charge in [-0.05, 0) is 38.0 Å². The first-order chi connectivity index (χ1) is 12.5. The minimum atomic E-state index is -0.223. The maximum absolute atomic E-state index is 12.6. The van der Waals surface area contributed by atoms with E-state index in [0.29, 0.717) is 17.3 Å². The van der Waals surface area contributed by atoms with Gasteiger partial charge in [0.25, 0.3) is 5.91 Å². The molecule has 0 saturated heterocycles. The average Bonchev–Trinajstić information content (AvgIpc) is 2.64. The second-order valence-corrected chi connectivity index (χ2v) is 6.23. The van der Waals surface area contributed by atoms with Gasteiger partial charge in [-0.25, -0.2) is 9.97 Å². The third kappa shape index (κ3) is 4.25. The van der Waals surface area contributed by atoms with Crippen LogP contribution in [0.1, 0.15) is 40.4 Å². The highest BCUT2D eigenvalue weighted by Crippen LogP contribution is 2.19. The molecular formula is C21H22N4O. The number of carbonyl (C=O) groups excluding carboxylic acids is 1. The molecule has 3 rings (SSSR count). The van der Waals surface area contributed by atoms with Gasteiger partial charge in [-0.2, -0.15) is 0 Å². The molecule has 0 aliphatic carbocycles. The zero-order chi connectivity index (χ0) is 18.5. The first-order valence-corrected chi connectivity index (χ1v) is 8.57. The highest BCUT2D eigenvalue weighted by molar-refractivity contribution is 5.93. The normalized spacial score (nSPS) is 11.7. The standard InChI is InChI=1S/C21H22N4O/c1-14-9-7-8-12-18(14)25-20-13-19(23-16(3)24-20)21(26)22-15(2)17-10-5-4-6-11-17/h4-13,15H,1-3H3,(H,22,26)(H,23,24,25). The summed E-state index contributed by atoms with van der Waals surface area (Å²) >= 11 is 0. The van der Waals surface area contributed by atoms with Gasteiger partial charge < -0.3 is 10.6 Å². The van der Waals surface area contributed by atoms with Crippen molar-refractivity contribution in [3.8, 4) is 0 Å². The lowest BCUT2D eigenvalue weighted by atomic mass is 10.1. The summed E-state index contributed by atoms with van der Waals surface area (Å²) in [5.74, 6) is 0.921. The van der Waals surface area contributed by atoms with Gasteiger partial charge in [0, 0.05) is 11.8 Å². The Labute approximate surface area is 153 Å². The molecule has 26 heavy (non-hydrogen) atoms. The molecule has 3 aromatic rings. The molecule has 1 amide bonds. The van der Waals surface area contributed by atoms with E-state index >= 15 is 0 Å². The SMILES string of the molecule is Cc1nc(Nc2ccccc2C)cc(C(=O)NC(C)c2ccccc2)n1. The minimum absolute atomic E-state index is 0.105. The number of aromatic nitrogens is 2. The van der Waals surface area contributed by atoms with Crippen LogP contribution in [0, 0.1) is 13.8 Å². The second-order valence-electron chi connectivity index (χ2n) is 6.23. The minimum Gasteiger partial charge on any atom is -0.344 e. The fourth-order valence-corrected chi connectivity index (χ4v) is 2.69. The van der Waals surface area contributed by atoms with Crippen molar-refractivity contribution >= 4 is 17.4 Å². The number of benzene rings is 2. The van der Waals surface area contributed by atoms with Crippen molar-refractivity contribution in [3.63, 3.8) is 0 Å². The van der Waals surface area contributed by atoms with Crippen LogP contribution in [0.25, 0.3) is 0 Å². The number of carbonyl (C=O) groups is 1. The lowest BCUT2D eigenvalue weighted by molar-refractivity contribution is 0.0934. The van der Waals surface area contributed by atoms with E-state index in [0.717, 1.165) is 16.8 Å². The number of amides is 1. The summed E-state index contributed by atoms with van der Waals surface area (Å²) in [7, 11) is 0. The third-order valence-electron chi connectivity index (χ3n) is 4.13. The van der Waals surface area contributed by atoms with Crippen molar-refractivity contribution in [2.45, 2.75) is 26.8 Å². The molecule has 5 nitrogen and oxygen atoms in total. The average molecular weight is 346 g/mol. The summed E-state index contributed by atoms with van der Waals surface area (Å²) in [5, 5.41) is 6.25. The molecule has 5 heteroatoms. The van der Waals surface area contributed by atoms with Gasteiger partial charge in [0.05, 0.1) is 6.04 Å². The number of nitrogens with zero attached hydrogens (tertiary/aromatic N) is 2. The number of anilines is 2. The van der Waals surface area contributed by atoms with Gasteiger partial charge in [-0.3, -0.25) is 4.79 Å². The lowest BCUT2D eigenvalue weighted by Crippen LogP contribution is -2.27. The first-order valence-electron chi connectivity index (χ1n) is 8.57. The highest BCUT2D eigenvalue weighted by Gasteiger charge is 2.14. The van der Waals surface area contributed by atoms with Crippen molar-refractivity contribution in [3.05, 3.63) is 83.3 Å². The molecule has 2 aromatic carbocycles. The molecule has 2 N–H and O–H groups in total. The summed E-state index contributed by atoms with van der Waals surface area (Å²) in [6.45, 7) is 5.75. The predicted molar refractivity (Wildman–Crippen MR) is 104 cm³/mol. The van der Waals surface area contributed by atoms with E-state index in [1.165, 1.54) is 0 Å². The highest BCUT2D eigenvalue weighted by atomic mass is 16.1. The monoisotopic (exact) mass is 346 g/mol. The van der Waals surface area contributed by atoms with E-state index in [9.17, 15) is 4.79 Å². The Morgan fingerprint density at radius 2 is 1.65 bits per heavy atom. The van der Waals surface area contributed by atoms with E-state index in [1.54, 1.807) is 13.0 Å². The van der Waals surface area contributed by atoms with Gasteiger partial charge in [0.1, 0.15) is 17.3 Å². The van der Waals surface area contributed by atoms with Crippen LogP contribution in [0.2, 0.25) is 0 Å². The molecule has 0 fully saturated rings. The Hall–Kier alpha value is -3.21. The Bertz CT molecular complexity index is 909. The van der Waals surface area contributed by atoms with Crippen LogP contribution < -0.4 is 10.6 Å². The van der Waals surface area contributed by atoms with Gasteiger partial charge in [-0.1, -0.05) is 48.5 Å². The van der Waals surface area contributed by atoms with Crippen LogP contribution in [-0.2, 0) is 0 Å². The molecule has 1 atom stereocenters. The maximum Gasteiger partial charge on any atom is 0.270 e. The van der Waals surface area contributed by atoms with E-state index < -0.39 is 0 Å². The molecular weight excluding hydrogens is 324 g/mol. The lowest BCUT2D eigenvalue weighted by Gasteiger charge is -2.15. The molecule has 0 spiro atoms. The summed E-state index contributed by atoms with van der Waals surface area (Å²) < 4.78 is 0. The molecule has 0 radical (unpaired) electrons. The van der Waals surface area contributed by atoms with Crippen LogP contribution in [0.5, 0.6) is 0 Å². The molecule has 0 aliphatic rings. The van der Waals surface area contributed by atoms with Crippen LogP contribution in [0.15, 0.2) is 60.7 Å². The third-order valence-corrected chi connectivity index (χ3v) is 4.13. The molecule has 1 aromatic heterocycles. The smallest absolute Gasteiger partial charge is 0.270 e. The zero-order valence-electron chi connectivity index (χ0n) is 15.2. The molecule has 132 valence electrons. The Morgan fingerprint density at radius 3 is 2.38 bits per heavy atom. The summed E-state index contributed by atoms with van der Waals surface area (Å²) in [4.78, 5) is 21.3. The number of hydrogen-bond donors (Lipinski definition) is 2. The van der Waals surface area contributed by atoms with E-state index in [2.05, 4.69) is 20.6 Å². The molecule has 0 saturated carbocycles. The Morgan fingerprint density at radius 1 is 0.962 bits per heavy atom. The van der Waals surface area contributed by atoms with Gasteiger partial charge in [-0.15, -0.1) is 0 Å². The predicted octanol–water partition coefficient (Wildman–Crippen LogP) is 4.33. The summed E-state index contributed by atoms with van der Waals surface area (Å²) in [5.41, 5.74) is 3.45. The number of para-hydroxylation sites is 1. The van der Waals surface area contributed by atoms with Crippen LogP contribution in [0.3, 0.4) is 0 Å². The fraction of sp³-hybridized carbons (Fsp3) is 0.190. The number of hydrogen-bond acceptors (Lipinski definition) is 4. The quantitative estimate of drug-likeness (QED) is 0.722. The number of nitrogens with one attached hydrogen (secondary N) is 2.